The van der Waals surface area contributed by atoms with Crippen LogP contribution in [0.2, 0.25) is 0 Å². The van der Waals surface area contributed by atoms with Crippen molar-refractivity contribution in [2.75, 3.05) is 13.2 Å². The van der Waals surface area contributed by atoms with Gasteiger partial charge in [-0.2, -0.15) is 5.10 Å². The first-order valence-electron chi connectivity index (χ1n) is 13.4. The molecule has 0 bridgehead atoms. The molecule has 11 nitrogen and oxygen atoms in total. The molecule has 5 aromatic rings. The summed E-state index contributed by atoms with van der Waals surface area (Å²) in [6.07, 6.45) is 0. The van der Waals surface area contributed by atoms with Crippen molar-refractivity contribution in [3.05, 3.63) is 130 Å². The van der Waals surface area contributed by atoms with Gasteiger partial charge in [0.1, 0.15) is 36.2 Å². The number of carbonyl (C=O) groups is 1. The number of rotatable bonds is 13. The number of carbonyl (C=O) groups excluding carboxylic acids is 1. The highest BCUT2D eigenvalue weighted by Crippen LogP contribution is 2.44. The molecule has 1 amide bonds. The lowest BCUT2D eigenvalue weighted by atomic mass is 10.1. The van der Waals surface area contributed by atoms with Crippen LogP contribution in [0.15, 0.2) is 103 Å². The van der Waals surface area contributed by atoms with Gasteiger partial charge < -0.3 is 24.6 Å². The first-order chi connectivity index (χ1) is 21.0. The summed E-state index contributed by atoms with van der Waals surface area (Å²) in [6, 6.07) is 29.9. The van der Waals surface area contributed by atoms with E-state index in [0.717, 1.165) is 11.1 Å². The van der Waals surface area contributed by atoms with Gasteiger partial charge in [0.15, 0.2) is 5.69 Å². The predicted molar refractivity (Wildman–Crippen MR) is 158 cm³/mol. The number of aromatic amines is 1. The zero-order valence-corrected chi connectivity index (χ0v) is 22.9. The number of aliphatic hydroxyl groups is 1. The van der Waals surface area contributed by atoms with Gasteiger partial charge in [0, 0.05) is 30.8 Å². The summed E-state index contributed by atoms with van der Waals surface area (Å²) >= 11 is 0. The number of nitro groups is 1. The first-order valence-corrected chi connectivity index (χ1v) is 13.4. The number of H-pyrrole nitrogens is 1. The minimum absolute atomic E-state index is 0.0773. The number of hydrogen-bond donors (Lipinski definition) is 3. The lowest BCUT2D eigenvalue weighted by molar-refractivity contribution is -0.384. The predicted octanol–water partition coefficient (Wildman–Crippen LogP) is 5.66. The molecule has 0 aliphatic heterocycles. The molecule has 0 aliphatic carbocycles. The standard InChI is InChI=1S/C32H28N4O7/c37-16-15-33-32(38)28-19-27(34-35-28)31-29(42-21-23-9-5-2-6-10-23)17-26(41-20-22-7-3-1-4-8-22)18-30(31)43-25-13-11-24(12-14-25)36(39)40/h1-14,17-19,37H,15-16,20-21H2,(H,33,38)(H,34,35). The molecule has 0 radical (unpaired) electrons. The molecule has 1 heterocycles. The SMILES string of the molecule is O=C(NCCO)c1cc(-c2c(OCc3ccccc3)cc(OCc3ccccc3)cc2Oc2ccc([N+](=O)[O-])cc2)[nH]n1. The summed E-state index contributed by atoms with van der Waals surface area (Å²) in [5, 5.41) is 29.9. The molecule has 5 rings (SSSR count). The topological polar surface area (TPSA) is 149 Å². The van der Waals surface area contributed by atoms with Crippen molar-refractivity contribution >= 4 is 11.6 Å². The number of aliphatic hydroxyl groups excluding tert-OH is 1. The molecule has 0 spiro atoms. The van der Waals surface area contributed by atoms with E-state index in [4.69, 9.17) is 19.3 Å². The Labute approximate surface area is 246 Å². The van der Waals surface area contributed by atoms with Crippen molar-refractivity contribution < 1.29 is 29.0 Å². The maximum atomic E-state index is 12.5. The Hall–Kier alpha value is -5.68. The van der Waals surface area contributed by atoms with Crippen LogP contribution in [0.5, 0.6) is 23.0 Å². The minimum Gasteiger partial charge on any atom is -0.489 e. The van der Waals surface area contributed by atoms with Gasteiger partial charge >= 0.3 is 0 Å². The largest absolute Gasteiger partial charge is 0.489 e. The molecule has 0 aliphatic rings. The monoisotopic (exact) mass is 580 g/mol. The van der Waals surface area contributed by atoms with Crippen molar-refractivity contribution in [3.63, 3.8) is 0 Å². The Morgan fingerprint density at radius 2 is 1.47 bits per heavy atom. The number of nitro benzene ring substituents is 1. The van der Waals surface area contributed by atoms with Crippen LogP contribution in [-0.4, -0.2) is 39.3 Å². The normalized spacial score (nSPS) is 10.6. The molecule has 43 heavy (non-hydrogen) atoms. The minimum atomic E-state index is -0.489. The van der Waals surface area contributed by atoms with E-state index in [1.807, 2.05) is 60.7 Å². The van der Waals surface area contributed by atoms with Crippen LogP contribution < -0.4 is 19.5 Å². The quantitative estimate of drug-likeness (QED) is 0.119. The van der Waals surface area contributed by atoms with Crippen LogP contribution in [0.1, 0.15) is 21.6 Å². The summed E-state index contributed by atoms with van der Waals surface area (Å²) in [4.78, 5) is 23.2. The second-order valence-corrected chi connectivity index (χ2v) is 9.34. The number of ether oxygens (including phenoxy) is 3. The highest BCUT2D eigenvalue weighted by molar-refractivity contribution is 5.94. The second-order valence-electron chi connectivity index (χ2n) is 9.34. The van der Waals surface area contributed by atoms with E-state index in [2.05, 4.69) is 15.5 Å². The van der Waals surface area contributed by atoms with E-state index in [9.17, 15) is 14.9 Å². The lowest BCUT2D eigenvalue weighted by Gasteiger charge is -2.18. The van der Waals surface area contributed by atoms with Crippen LogP contribution in [0.4, 0.5) is 5.69 Å². The highest BCUT2D eigenvalue weighted by atomic mass is 16.6. The Bertz CT molecular complexity index is 1670. The van der Waals surface area contributed by atoms with Gasteiger partial charge in [-0.25, -0.2) is 0 Å². The van der Waals surface area contributed by atoms with Gasteiger partial charge in [-0.3, -0.25) is 20.0 Å². The number of nitrogens with one attached hydrogen (secondary N) is 2. The molecule has 1 aromatic heterocycles. The second kappa shape index (κ2) is 13.8. The van der Waals surface area contributed by atoms with Crippen LogP contribution in [0.25, 0.3) is 11.3 Å². The summed E-state index contributed by atoms with van der Waals surface area (Å²) in [5.41, 5.74) is 2.78. The molecular formula is C32H28N4O7. The highest BCUT2D eigenvalue weighted by Gasteiger charge is 2.22. The van der Waals surface area contributed by atoms with Crippen LogP contribution >= 0.6 is 0 Å². The number of amides is 1. The van der Waals surface area contributed by atoms with Crippen LogP contribution in [0.3, 0.4) is 0 Å². The molecule has 4 aromatic carbocycles. The molecule has 0 atom stereocenters. The van der Waals surface area contributed by atoms with Crippen molar-refractivity contribution in [2.24, 2.45) is 0 Å². The van der Waals surface area contributed by atoms with E-state index in [1.54, 1.807) is 18.2 Å². The van der Waals surface area contributed by atoms with Crippen LogP contribution in [0, 0.1) is 10.1 Å². The molecule has 11 heteroatoms. The van der Waals surface area contributed by atoms with Crippen molar-refractivity contribution in [1.29, 1.82) is 0 Å². The third-order valence-electron chi connectivity index (χ3n) is 6.28. The van der Waals surface area contributed by atoms with E-state index in [0.29, 0.717) is 34.3 Å². The summed E-state index contributed by atoms with van der Waals surface area (Å²) < 4.78 is 18.7. The zero-order chi connectivity index (χ0) is 30.0. The van der Waals surface area contributed by atoms with Crippen LogP contribution in [-0.2, 0) is 13.2 Å². The van der Waals surface area contributed by atoms with Gasteiger partial charge in [0.05, 0.1) is 22.8 Å². The zero-order valence-electron chi connectivity index (χ0n) is 22.9. The van der Waals surface area contributed by atoms with E-state index < -0.39 is 10.8 Å². The smallest absolute Gasteiger partial charge is 0.271 e. The third kappa shape index (κ3) is 7.54. The molecule has 0 fully saturated rings. The average Bonchev–Trinajstić information content (AvgIpc) is 3.53. The fraction of sp³-hybridized carbons (Fsp3) is 0.125. The van der Waals surface area contributed by atoms with Crippen molar-refractivity contribution in [2.45, 2.75) is 13.2 Å². The van der Waals surface area contributed by atoms with E-state index in [-0.39, 0.29) is 37.7 Å². The Morgan fingerprint density at radius 3 is 2.09 bits per heavy atom. The fourth-order valence-corrected chi connectivity index (χ4v) is 4.17. The van der Waals surface area contributed by atoms with Gasteiger partial charge in [-0.15, -0.1) is 0 Å². The lowest BCUT2D eigenvalue weighted by Crippen LogP contribution is -2.26. The number of nitrogens with zero attached hydrogens (tertiary/aromatic N) is 2. The van der Waals surface area contributed by atoms with Crippen molar-refractivity contribution in [3.8, 4) is 34.3 Å². The number of hydrogen-bond acceptors (Lipinski definition) is 8. The molecular weight excluding hydrogens is 552 g/mol. The molecule has 3 N–H and O–H groups in total. The summed E-state index contributed by atoms with van der Waals surface area (Å²) in [7, 11) is 0. The van der Waals surface area contributed by atoms with Crippen molar-refractivity contribution in [1.82, 2.24) is 15.5 Å². The first kappa shape index (κ1) is 28.8. The molecule has 218 valence electrons. The Balaban J connectivity index is 1.56. The number of aromatic nitrogens is 2. The van der Waals surface area contributed by atoms with Gasteiger partial charge in [0.25, 0.3) is 11.6 Å². The van der Waals surface area contributed by atoms with E-state index in [1.165, 1.54) is 24.3 Å². The average molecular weight is 581 g/mol. The maximum absolute atomic E-state index is 12.5. The number of benzene rings is 4. The summed E-state index contributed by atoms with van der Waals surface area (Å²) in [5.74, 6) is 1.00. The van der Waals surface area contributed by atoms with Gasteiger partial charge in [0.2, 0.25) is 0 Å². The molecule has 0 saturated heterocycles. The van der Waals surface area contributed by atoms with Gasteiger partial charge in [-0.1, -0.05) is 60.7 Å². The Kier molecular flexibility index (Phi) is 9.25. The number of non-ortho nitro benzene ring substituents is 1. The maximum Gasteiger partial charge on any atom is 0.271 e. The fourth-order valence-electron chi connectivity index (χ4n) is 4.17. The third-order valence-corrected chi connectivity index (χ3v) is 6.28. The summed E-state index contributed by atoms with van der Waals surface area (Å²) in [6.45, 7) is 0.381. The molecule has 0 saturated carbocycles. The van der Waals surface area contributed by atoms with Gasteiger partial charge in [-0.05, 0) is 29.3 Å². The Morgan fingerprint density at radius 1 is 0.837 bits per heavy atom. The molecule has 0 unspecified atom stereocenters. The van der Waals surface area contributed by atoms with E-state index >= 15 is 0 Å².